The summed E-state index contributed by atoms with van der Waals surface area (Å²) in [6.07, 6.45) is 0.738. The van der Waals surface area contributed by atoms with E-state index in [0.717, 1.165) is 29.8 Å². The molecule has 0 radical (unpaired) electrons. The average molecular weight is 205 g/mol. The van der Waals surface area contributed by atoms with Crippen LogP contribution in [0.2, 0.25) is 0 Å². The lowest BCUT2D eigenvalue weighted by Gasteiger charge is -2.05. The molecule has 0 amide bonds. The van der Waals surface area contributed by atoms with Crippen molar-refractivity contribution < 1.29 is 5.11 Å². The summed E-state index contributed by atoms with van der Waals surface area (Å²) >= 11 is 0. The number of aromatic nitrogens is 2. The highest BCUT2D eigenvalue weighted by atomic mass is 16.3. The maximum absolute atomic E-state index is 9.77. The molecule has 0 spiro atoms. The van der Waals surface area contributed by atoms with Gasteiger partial charge in [-0.15, -0.1) is 0 Å². The fourth-order valence-corrected chi connectivity index (χ4v) is 1.88. The predicted molar refractivity (Wildman–Crippen MR) is 59.8 cm³/mol. The summed E-state index contributed by atoms with van der Waals surface area (Å²) in [5.41, 5.74) is 7.17. The Hall–Kier alpha value is -1.55. The largest absolute Gasteiger partial charge is 0.506 e. The number of rotatable bonds is 3. The average Bonchev–Trinajstić information content (AvgIpc) is 2.57. The first kappa shape index (κ1) is 9.98. The van der Waals surface area contributed by atoms with Crippen LogP contribution in [0, 0.1) is 0 Å². The normalized spacial score (nSPS) is 11.1. The van der Waals surface area contributed by atoms with Crippen LogP contribution >= 0.6 is 0 Å². The van der Waals surface area contributed by atoms with Crippen LogP contribution in [0.25, 0.3) is 11.0 Å². The van der Waals surface area contributed by atoms with Gasteiger partial charge in [0.25, 0.3) is 0 Å². The molecule has 1 heterocycles. The molecular weight excluding hydrogens is 190 g/mol. The minimum Gasteiger partial charge on any atom is -0.506 e. The molecule has 3 N–H and O–H groups in total. The van der Waals surface area contributed by atoms with Gasteiger partial charge in [0, 0.05) is 13.0 Å². The van der Waals surface area contributed by atoms with Gasteiger partial charge in [-0.3, -0.25) is 0 Å². The Labute approximate surface area is 88.3 Å². The Bertz CT molecular complexity index is 476. The number of phenolic OH excluding ortho intramolecular Hbond substituents is 1. The molecule has 4 nitrogen and oxygen atoms in total. The lowest BCUT2D eigenvalue weighted by atomic mass is 10.3. The van der Waals surface area contributed by atoms with Gasteiger partial charge in [0.05, 0.1) is 5.52 Å². The number of aryl methyl sites for hydroxylation is 1. The molecule has 0 saturated heterocycles. The monoisotopic (exact) mass is 205 g/mol. The van der Waals surface area contributed by atoms with Crippen molar-refractivity contribution in [3.63, 3.8) is 0 Å². The highest BCUT2D eigenvalue weighted by Crippen LogP contribution is 2.25. The van der Waals surface area contributed by atoms with E-state index in [-0.39, 0.29) is 5.75 Å². The summed E-state index contributed by atoms with van der Waals surface area (Å²) in [7, 11) is 0. The molecule has 0 aliphatic heterocycles. The number of phenols is 1. The quantitative estimate of drug-likeness (QED) is 0.793. The minimum atomic E-state index is 0.283. The van der Waals surface area contributed by atoms with E-state index >= 15 is 0 Å². The molecule has 80 valence electrons. The molecule has 0 bridgehead atoms. The van der Waals surface area contributed by atoms with E-state index < -0.39 is 0 Å². The van der Waals surface area contributed by atoms with Crippen LogP contribution in [-0.2, 0) is 13.0 Å². The van der Waals surface area contributed by atoms with Crippen molar-refractivity contribution in [1.82, 2.24) is 9.55 Å². The molecule has 1 aromatic heterocycles. The topological polar surface area (TPSA) is 64.1 Å². The number of fused-ring (bicyclic) bond motifs is 1. The van der Waals surface area contributed by atoms with Gasteiger partial charge in [-0.2, -0.15) is 0 Å². The lowest BCUT2D eigenvalue weighted by Crippen LogP contribution is -2.09. The fraction of sp³-hybridized carbons (Fsp3) is 0.364. The van der Waals surface area contributed by atoms with Crippen LogP contribution in [0.3, 0.4) is 0 Å². The number of hydrogen-bond donors (Lipinski definition) is 2. The van der Waals surface area contributed by atoms with E-state index in [2.05, 4.69) is 4.98 Å². The van der Waals surface area contributed by atoms with Crippen molar-refractivity contribution in [2.45, 2.75) is 19.9 Å². The SMILES string of the molecule is CCn1c(CCN)nc2cccc(O)c21. The van der Waals surface area contributed by atoms with Gasteiger partial charge in [-0.1, -0.05) is 6.07 Å². The smallest absolute Gasteiger partial charge is 0.141 e. The van der Waals surface area contributed by atoms with Crippen LogP contribution in [-0.4, -0.2) is 21.2 Å². The highest BCUT2D eigenvalue weighted by Gasteiger charge is 2.11. The first-order valence-electron chi connectivity index (χ1n) is 5.15. The second-order valence-electron chi connectivity index (χ2n) is 3.46. The zero-order valence-electron chi connectivity index (χ0n) is 8.77. The second kappa shape index (κ2) is 3.90. The molecule has 0 unspecified atom stereocenters. The second-order valence-corrected chi connectivity index (χ2v) is 3.46. The van der Waals surface area contributed by atoms with Crippen molar-refractivity contribution in [3.8, 4) is 5.75 Å². The third-order valence-electron chi connectivity index (χ3n) is 2.51. The van der Waals surface area contributed by atoms with Crippen LogP contribution < -0.4 is 5.73 Å². The highest BCUT2D eigenvalue weighted by molar-refractivity contribution is 5.82. The maximum atomic E-state index is 9.77. The van der Waals surface area contributed by atoms with Crippen LogP contribution in [0.4, 0.5) is 0 Å². The molecule has 0 saturated carbocycles. The van der Waals surface area contributed by atoms with Gasteiger partial charge >= 0.3 is 0 Å². The van der Waals surface area contributed by atoms with Gasteiger partial charge in [-0.25, -0.2) is 4.98 Å². The van der Waals surface area contributed by atoms with Gasteiger partial charge < -0.3 is 15.4 Å². The van der Waals surface area contributed by atoms with E-state index in [1.165, 1.54) is 0 Å². The Morgan fingerprint density at radius 3 is 2.93 bits per heavy atom. The summed E-state index contributed by atoms with van der Waals surface area (Å²) in [5, 5.41) is 9.77. The van der Waals surface area contributed by atoms with Gasteiger partial charge in [0.2, 0.25) is 0 Å². The number of imidazole rings is 1. The molecule has 4 heteroatoms. The molecule has 2 aromatic rings. The third-order valence-corrected chi connectivity index (χ3v) is 2.51. The summed E-state index contributed by atoms with van der Waals surface area (Å²) in [5.74, 6) is 1.22. The number of benzene rings is 1. The predicted octanol–water partition coefficient (Wildman–Crippen LogP) is 1.26. The Balaban J connectivity index is 2.68. The number of hydrogen-bond acceptors (Lipinski definition) is 3. The number of aromatic hydroxyl groups is 1. The molecule has 2 rings (SSSR count). The van der Waals surface area contributed by atoms with Crippen molar-refractivity contribution >= 4 is 11.0 Å². The van der Waals surface area contributed by atoms with Gasteiger partial charge in [0.15, 0.2) is 0 Å². The zero-order chi connectivity index (χ0) is 10.8. The zero-order valence-corrected chi connectivity index (χ0v) is 8.77. The molecule has 15 heavy (non-hydrogen) atoms. The van der Waals surface area contributed by atoms with Crippen molar-refractivity contribution in [2.24, 2.45) is 5.73 Å². The maximum Gasteiger partial charge on any atom is 0.141 e. The Morgan fingerprint density at radius 2 is 2.27 bits per heavy atom. The van der Waals surface area contributed by atoms with Crippen LogP contribution in [0.1, 0.15) is 12.7 Å². The van der Waals surface area contributed by atoms with E-state index in [9.17, 15) is 5.11 Å². The summed E-state index contributed by atoms with van der Waals surface area (Å²) in [6, 6.07) is 5.39. The summed E-state index contributed by atoms with van der Waals surface area (Å²) in [4.78, 5) is 4.46. The number of nitrogens with zero attached hydrogens (tertiary/aromatic N) is 2. The van der Waals surface area contributed by atoms with Crippen molar-refractivity contribution in [3.05, 3.63) is 24.0 Å². The number of nitrogens with two attached hydrogens (primary N) is 1. The van der Waals surface area contributed by atoms with Gasteiger partial charge in [0.1, 0.15) is 17.1 Å². The molecular formula is C11H15N3O. The molecule has 0 fully saturated rings. The van der Waals surface area contributed by atoms with E-state index in [4.69, 9.17) is 5.73 Å². The van der Waals surface area contributed by atoms with Crippen LogP contribution in [0.15, 0.2) is 18.2 Å². The molecule has 0 aliphatic rings. The molecule has 0 atom stereocenters. The van der Waals surface area contributed by atoms with Gasteiger partial charge in [-0.05, 0) is 25.6 Å². The molecule has 1 aromatic carbocycles. The van der Waals surface area contributed by atoms with Crippen molar-refractivity contribution in [1.29, 1.82) is 0 Å². The standard InChI is InChI=1S/C11H15N3O/c1-2-14-10(6-7-12)13-8-4-3-5-9(15)11(8)14/h3-5,15H,2,6-7,12H2,1H3. The summed E-state index contributed by atoms with van der Waals surface area (Å²) in [6.45, 7) is 3.40. The first-order valence-corrected chi connectivity index (χ1v) is 5.15. The van der Waals surface area contributed by atoms with E-state index in [1.54, 1.807) is 12.1 Å². The first-order chi connectivity index (χ1) is 7.27. The van der Waals surface area contributed by atoms with E-state index in [0.29, 0.717) is 6.54 Å². The lowest BCUT2D eigenvalue weighted by molar-refractivity contribution is 0.477. The third kappa shape index (κ3) is 1.57. The van der Waals surface area contributed by atoms with Crippen molar-refractivity contribution in [2.75, 3.05) is 6.54 Å². The molecule has 0 aliphatic carbocycles. The minimum absolute atomic E-state index is 0.283. The summed E-state index contributed by atoms with van der Waals surface area (Å²) < 4.78 is 2.01. The Morgan fingerprint density at radius 1 is 1.47 bits per heavy atom. The van der Waals surface area contributed by atoms with Crippen LogP contribution in [0.5, 0.6) is 5.75 Å². The number of para-hydroxylation sites is 1. The van der Waals surface area contributed by atoms with E-state index in [1.807, 2.05) is 17.6 Å². The fourth-order valence-electron chi connectivity index (χ4n) is 1.88. The Kier molecular flexibility index (Phi) is 2.60.